The summed E-state index contributed by atoms with van der Waals surface area (Å²) in [4.78, 5) is 36.4. The Hall–Kier alpha value is -4.21. The lowest BCUT2D eigenvalue weighted by Crippen LogP contribution is -2.46. The van der Waals surface area contributed by atoms with Crippen LogP contribution in [0.15, 0.2) is 60.7 Å². The van der Waals surface area contributed by atoms with Gasteiger partial charge in [-0.05, 0) is 105 Å². The van der Waals surface area contributed by atoms with Crippen molar-refractivity contribution in [3.05, 3.63) is 71.1 Å². The maximum absolute atomic E-state index is 14.1. The number of amides is 1. The van der Waals surface area contributed by atoms with Gasteiger partial charge >= 0.3 is 5.97 Å². The number of nitrogens with zero attached hydrogens (tertiary/aromatic N) is 4. The molecule has 1 amide bonds. The summed E-state index contributed by atoms with van der Waals surface area (Å²) in [5.74, 6) is 0.315. The number of hydrogen-bond acceptors (Lipinski definition) is 6. The molecule has 0 bridgehead atoms. The number of piperidine rings is 1. The molecule has 0 spiro atoms. The average molecular weight is 677 g/mol. The highest BCUT2D eigenvalue weighted by Gasteiger charge is 2.32. The van der Waals surface area contributed by atoms with E-state index in [1.807, 2.05) is 29.2 Å². The molecule has 5 heterocycles. The van der Waals surface area contributed by atoms with Crippen molar-refractivity contribution in [1.29, 1.82) is 0 Å². The quantitative estimate of drug-likeness (QED) is 0.178. The summed E-state index contributed by atoms with van der Waals surface area (Å²) in [6.07, 6.45) is 10.3. The molecule has 1 aliphatic carbocycles. The van der Waals surface area contributed by atoms with Crippen molar-refractivity contribution >= 4 is 44.3 Å². The topological polar surface area (TPSA) is 87.9 Å². The Morgan fingerprint density at radius 3 is 2.43 bits per heavy atom. The molecule has 254 valence electrons. The average Bonchev–Trinajstić information content (AvgIpc) is 3.90. The SMILES string of the molecule is COc1cccc(-c2ccc3cc(-c4c(C5CCCCC5)c5sc(C(=O)O)cc5n4CC(=O)N4CCC(N5CCCC5)CC4)ccc3n2)c1. The van der Waals surface area contributed by atoms with Crippen molar-refractivity contribution in [2.45, 2.75) is 76.3 Å². The third-order valence-corrected chi connectivity index (χ3v) is 12.2. The molecule has 5 aromatic rings. The van der Waals surface area contributed by atoms with Crippen LogP contribution in [0.5, 0.6) is 5.75 Å². The van der Waals surface area contributed by atoms with Crippen LogP contribution in [0, 0.1) is 0 Å². The minimum absolute atomic E-state index is 0.113. The molecular formula is C40H44N4O4S. The first-order chi connectivity index (χ1) is 24.0. The summed E-state index contributed by atoms with van der Waals surface area (Å²) in [6, 6.07) is 20.9. The molecule has 2 saturated heterocycles. The van der Waals surface area contributed by atoms with E-state index in [9.17, 15) is 14.7 Å². The van der Waals surface area contributed by atoms with Crippen LogP contribution in [-0.2, 0) is 11.3 Å². The molecule has 1 saturated carbocycles. The first-order valence-corrected chi connectivity index (χ1v) is 18.7. The summed E-state index contributed by atoms with van der Waals surface area (Å²) >= 11 is 1.37. The molecule has 3 aliphatic rings. The van der Waals surface area contributed by atoms with Gasteiger partial charge in [0.15, 0.2) is 0 Å². The number of carbonyl (C=O) groups excluding carboxylic acids is 1. The van der Waals surface area contributed by atoms with Gasteiger partial charge in [-0.25, -0.2) is 9.78 Å². The summed E-state index contributed by atoms with van der Waals surface area (Å²) in [5, 5.41) is 11.1. The summed E-state index contributed by atoms with van der Waals surface area (Å²) in [6.45, 7) is 4.11. The number of likely N-dealkylation sites (tertiary alicyclic amines) is 2. The molecular weight excluding hydrogens is 633 g/mol. The van der Waals surface area contributed by atoms with E-state index in [4.69, 9.17) is 9.72 Å². The van der Waals surface area contributed by atoms with Crippen LogP contribution in [0.3, 0.4) is 0 Å². The van der Waals surface area contributed by atoms with E-state index in [1.54, 1.807) is 13.2 Å². The summed E-state index contributed by atoms with van der Waals surface area (Å²) in [7, 11) is 1.67. The third kappa shape index (κ3) is 6.23. The number of aromatic nitrogens is 2. The number of hydrogen-bond donors (Lipinski definition) is 1. The molecule has 8 rings (SSSR count). The Balaban J connectivity index is 1.19. The van der Waals surface area contributed by atoms with Gasteiger partial charge in [0.2, 0.25) is 5.91 Å². The van der Waals surface area contributed by atoms with E-state index >= 15 is 0 Å². The lowest BCUT2D eigenvalue weighted by Gasteiger charge is -2.36. The van der Waals surface area contributed by atoms with E-state index in [1.165, 1.54) is 49.3 Å². The number of pyridine rings is 1. The number of carbonyl (C=O) groups is 2. The first-order valence-electron chi connectivity index (χ1n) is 17.9. The molecule has 49 heavy (non-hydrogen) atoms. The molecule has 8 nitrogen and oxygen atoms in total. The Morgan fingerprint density at radius 2 is 1.67 bits per heavy atom. The molecule has 0 atom stereocenters. The number of aromatic carboxylic acids is 1. The van der Waals surface area contributed by atoms with Crippen LogP contribution in [0.4, 0.5) is 0 Å². The number of ether oxygens (including phenoxy) is 1. The summed E-state index contributed by atoms with van der Waals surface area (Å²) < 4.78 is 8.61. The Morgan fingerprint density at radius 1 is 0.878 bits per heavy atom. The van der Waals surface area contributed by atoms with E-state index in [-0.39, 0.29) is 12.5 Å². The van der Waals surface area contributed by atoms with Gasteiger partial charge in [-0.15, -0.1) is 11.3 Å². The number of carboxylic acids is 1. The zero-order valence-electron chi connectivity index (χ0n) is 28.2. The molecule has 2 aliphatic heterocycles. The van der Waals surface area contributed by atoms with Gasteiger partial charge in [-0.1, -0.05) is 43.5 Å². The van der Waals surface area contributed by atoms with Crippen molar-refractivity contribution in [3.63, 3.8) is 0 Å². The molecule has 0 unspecified atom stereocenters. The van der Waals surface area contributed by atoms with Crippen molar-refractivity contribution in [1.82, 2.24) is 19.4 Å². The number of methoxy groups -OCH3 is 1. The second kappa shape index (κ2) is 13.6. The van der Waals surface area contributed by atoms with Gasteiger partial charge in [-0.2, -0.15) is 0 Å². The zero-order chi connectivity index (χ0) is 33.5. The Kier molecular flexibility index (Phi) is 8.89. The van der Waals surface area contributed by atoms with Gasteiger partial charge in [0.1, 0.15) is 17.2 Å². The van der Waals surface area contributed by atoms with Crippen molar-refractivity contribution in [2.24, 2.45) is 0 Å². The maximum Gasteiger partial charge on any atom is 0.345 e. The number of carboxylic acid groups (broad SMARTS) is 1. The fourth-order valence-corrected chi connectivity index (χ4v) is 9.66. The van der Waals surface area contributed by atoms with Gasteiger partial charge in [0.05, 0.1) is 34.2 Å². The fourth-order valence-electron chi connectivity index (χ4n) is 8.54. The molecule has 2 aromatic carbocycles. The second-order valence-corrected chi connectivity index (χ2v) is 15.1. The van der Waals surface area contributed by atoms with Crippen molar-refractivity contribution in [2.75, 3.05) is 33.3 Å². The second-order valence-electron chi connectivity index (χ2n) is 14.0. The highest BCUT2D eigenvalue weighted by molar-refractivity contribution is 7.21. The van der Waals surface area contributed by atoms with Gasteiger partial charge in [-0.3, -0.25) is 4.79 Å². The van der Waals surface area contributed by atoms with Gasteiger partial charge in [0.25, 0.3) is 0 Å². The van der Waals surface area contributed by atoms with E-state index in [2.05, 4.69) is 39.8 Å². The molecule has 3 aromatic heterocycles. The van der Waals surface area contributed by atoms with Crippen molar-refractivity contribution in [3.8, 4) is 28.3 Å². The Labute approximate surface area is 291 Å². The first kappa shape index (κ1) is 32.0. The number of rotatable bonds is 8. The zero-order valence-corrected chi connectivity index (χ0v) is 29.0. The number of benzene rings is 2. The third-order valence-electron chi connectivity index (χ3n) is 11.1. The molecule has 9 heteroatoms. The van der Waals surface area contributed by atoms with E-state index < -0.39 is 5.97 Å². The summed E-state index contributed by atoms with van der Waals surface area (Å²) in [5.41, 5.74) is 6.96. The largest absolute Gasteiger partial charge is 0.497 e. The number of fused-ring (bicyclic) bond motifs is 2. The van der Waals surface area contributed by atoms with Crippen LogP contribution in [0.1, 0.15) is 78.9 Å². The van der Waals surface area contributed by atoms with Crippen molar-refractivity contribution < 1.29 is 19.4 Å². The predicted octanol–water partition coefficient (Wildman–Crippen LogP) is 8.43. The molecule has 1 N–H and O–H groups in total. The smallest absolute Gasteiger partial charge is 0.345 e. The van der Waals surface area contributed by atoms with Gasteiger partial charge < -0.3 is 24.2 Å². The highest BCUT2D eigenvalue weighted by Crippen LogP contribution is 2.47. The van der Waals surface area contributed by atoms with E-state index in [0.717, 1.165) is 101 Å². The fraction of sp³-hybridized carbons (Fsp3) is 0.425. The van der Waals surface area contributed by atoms with Crippen LogP contribution >= 0.6 is 11.3 Å². The lowest BCUT2D eigenvalue weighted by atomic mass is 9.83. The molecule has 3 fully saturated rings. The van der Waals surface area contributed by atoms with Crippen LogP contribution in [-0.4, -0.2) is 75.7 Å². The van der Waals surface area contributed by atoms with Crippen LogP contribution in [0.25, 0.3) is 43.6 Å². The molecule has 0 radical (unpaired) electrons. The number of thiophene rings is 1. The normalized spacial score (nSPS) is 18.1. The van der Waals surface area contributed by atoms with E-state index in [0.29, 0.717) is 16.8 Å². The van der Waals surface area contributed by atoms with Crippen LogP contribution in [0.2, 0.25) is 0 Å². The minimum atomic E-state index is -0.914. The maximum atomic E-state index is 14.1. The predicted molar refractivity (Wildman–Crippen MR) is 196 cm³/mol. The highest BCUT2D eigenvalue weighted by atomic mass is 32.1. The lowest BCUT2D eigenvalue weighted by molar-refractivity contribution is -0.133. The van der Waals surface area contributed by atoms with Gasteiger partial charge in [0, 0.05) is 30.1 Å². The Bertz CT molecular complexity index is 2010. The monoisotopic (exact) mass is 676 g/mol. The minimum Gasteiger partial charge on any atom is -0.497 e. The standard InChI is InChI=1S/C40H44N4O4S/c1-48-31-11-7-10-27(23-31)32-14-12-28-22-29(13-15-33(28)41-32)38-37(26-8-3-2-4-9-26)39-34(24-35(49-39)40(46)47)44(38)25-36(45)43-20-16-30(17-21-43)42-18-5-6-19-42/h7,10-15,22-24,26,30H,2-6,8-9,16-21,25H2,1H3,(H,46,47). The van der Waals surface area contributed by atoms with Crippen LogP contribution < -0.4 is 4.74 Å².